The summed E-state index contributed by atoms with van der Waals surface area (Å²) in [6.07, 6.45) is 4.39. The zero-order valence-electron chi connectivity index (χ0n) is 24.6. The van der Waals surface area contributed by atoms with Gasteiger partial charge in [-0.2, -0.15) is 0 Å². The van der Waals surface area contributed by atoms with Crippen LogP contribution in [0.4, 0.5) is 0 Å². The fraction of sp³-hybridized carbons (Fsp3) is 0.500. The molecule has 1 saturated heterocycles. The Labute approximate surface area is 247 Å². The molecule has 0 saturated carbocycles. The standard InChI is InChI=1S/C32H43N5O5/c1-32(2)31(41)34-24(20-23-12-4-3-5-13-23)22-42-27-15-7-6-14-25(27)29(39)35-26(21-28(38)36-32)30(40)33-16-8-9-17-37-18-10-11-19-37/h3-7,12-15,24,26H,8-11,16-22H2,1-2H3,(H,33,40)(H,34,41)(H,35,39)(H,36,38)/t24-,26+/m1/s1. The van der Waals surface area contributed by atoms with Crippen LogP contribution in [0.3, 0.4) is 0 Å². The van der Waals surface area contributed by atoms with Crippen LogP contribution in [0.15, 0.2) is 54.6 Å². The third-order valence-electron chi connectivity index (χ3n) is 7.66. The number of nitrogens with zero attached hydrogens (tertiary/aromatic N) is 1. The Morgan fingerprint density at radius 1 is 0.976 bits per heavy atom. The van der Waals surface area contributed by atoms with Crippen molar-refractivity contribution in [2.24, 2.45) is 0 Å². The first-order valence-corrected chi connectivity index (χ1v) is 14.9. The van der Waals surface area contributed by atoms with E-state index in [2.05, 4.69) is 26.2 Å². The van der Waals surface area contributed by atoms with Crippen molar-refractivity contribution < 1.29 is 23.9 Å². The van der Waals surface area contributed by atoms with Gasteiger partial charge in [-0.05, 0) is 83.3 Å². The largest absolute Gasteiger partial charge is 0.491 e. The summed E-state index contributed by atoms with van der Waals surface area (Å²) >= 11 is 0. The van der Waals surface area contributed by atoms with Crippen LogP contribution in [0.2, 0.25) is 0 Å². The van der Waals surface area contributed by atoms with Crippen molar-refractivity contribution in [3.05, 3.63) is 65.7 Å². The maximum atomic E-state index is 13.4. The highest BCUT2D eigenvalue weighted by atomic mass is 16.5. The Morgan fingerprint density at radius 3 is 2.45 bits per heavy atom. The summed E-state index contributed by atoms with van der Waals surface area (Å²) in [5, 5.41) is 11.4. The van der Waals surface area contributed by atoms with Crippen LogP contribution in [-0.2, 0) is 20.8 Å². The molecule has 4 N–H and O–H groups in total. The molecule has 10 nitrogen and oxygen atoms in total. The number of nitrogens with one attached hydrogen (secondary N) is 4. The number of para-hydroxylation sites is 1. The highest BCUT2D eigenvalue weighted by Crippen LogP contribution is 2.20. The van der Waals surface area contributed by atoms with E-state index in [4.69, 9.17) is 4.74 Å². The van der Waals surface area contributed by atoms with Crippen LogP contribution < -0.4 is 26.0 Å². The monoisotopic (exact) mass is 577 g/mol. The quantitative estimate of drug-likeness (QED) is 0.356. The molecule has 4 rings (SSSR count). The maximum Gasteiger partial charge on any atom is 0.255 e. The predicted octanol–water partition coefficient (Wildman–Crippen LogP) is 2.18. The highest BCUT2D eigenvalue weighted by Gasteiger charge is 2.34. The Hall–Kier alpha value is -3.92. The van der Waals surface area contributed by atoms with Crippen LogP contribution >= 0.6 is 0 Å². The van der Waals surface area contributed by atoms with Crippen molar-refractivity contribution in [1.29, 1.82) is 0 Å². The molecule has 42 heavy (non-hydrogen) atoms. The molecule has 0 spiro atoms. The summed E-state index contributed by atoms with van der Waals surface area (Å²) in [6, 6.07) is 14.9. The van der Waals surface area contributed by atoms with Crippen molar-refractivity contribution >= 4 is 23.6 Å². The van der Waals surface area contributed by atoms with Crippen molar-refractivity contribution in [1.82, 2.24) is 26.2 Å². The first kappa shape index (κ1) is 31.0. The minimum Gasteiger partial charge on any atom is -0.491 e. The average Bonchev–Trinajstić information content (AvgIpc) is 3.49. The number of hydrogen-bond donors (Lipinski definition) is 4. The molecule has 0 unspecified atom stereocenters. The van der Waals surface area contributed by atoms with E-state index < -0.39 is 35.3 Å². The average molecular weight is 578 g/mol. The number of fused-ring (bicyclic) bond motifs is 1. The SMILES string of the molecule is CC1(C)NC(=O)C[C@@H](C(=O)NCCCCN2CCCC2)NC(=O)c2ccccc2OC[C@@H](Cc2ccccc2)NC1=O. The van der Waals surface area contributed by atoms with E-state index in [9.17, 15) is 19.2 Å². The van der Waals surface area contributed by atoms with Crippen molar-refractivity contribution in [2.45, 2.75) is 70.0 Å². The number of hydrogen-bond acceptors (Lipinski definition) is 6. The van der Waals surface area contributed by atoms with Crippen molar-refractivity contribution in [3.8, 4) is 5.75 Å². The van der Waals surface area contributed by atoms with Gasteiger partial charge in [-0.1, -0.05) is 42.5 Å². The zero-order chi connectivity index (χ0) is 30.0. The van der Waals surface area contributed by atoms with Gasteiger partial charge in [0.25, 0.3) is 5.91 Å². The van der Waals surface area contributed by atoms with Crippen molar-refractivity contribution in [2.75, 3.05) is 32.8 Å². The lowest BCUT2D eigenvalue weighted by Gasteiger charge is -2.30. The van der Waals surface area contributed by atoms with Gasteiger partial charge >= 0.3 is 0 Å². The topological polar surface area (TPSA) is 129 Å². The smallest absolute Gasteiger partial charge is 0.255 e. The highest BCUT2D eigenvalue weighted by molar-refractivity contribution is 6.01. The molecule has 0 aromatic heterocycles. The number of unbranched alkanes of at least 4 members (excludes halogenated alkanes) is 1. The number of benzene rings is 2. The van der Waals surface area contributed by atoms with Gasteiger partial charge in [0.2, 0.25) is 17.7 Å². The van der Waals surface area contributed by atoms with Gasteiger partial charge in [-0.25, -0.2) is 0 Å². The third-order valence-corrected chi connectivity index (χ3v) is 7.66. The molecule has 2 aromatic rings. The molecule has 2 aliphatic heterocycles. The summed E-state index contributed by atoms with van der Waals surface area (Å²) in [5.74, 6) is -1.55. The summed E-state index contributed by atoms with van der Waals surface area (Å²) in [4.78, 5) is 55.4. The van der Waals surface area contributed by atoms with Gasteiger partial charge in [-0.3, -0.25) is 19.2 Å². The number of carbonyl (C=O) groups excluding carboxylic acids is 4. The second-order valence-corrected chi connectivity index (χ2v) is 11.6. The Kier molecular flexibility index (Phi) is 10.9. The molecule has 2 aliphatic rings. The second-order valence-electron chi connectivity index (χ2n) is 11.6. The molecule has 4 amide bonds. The number of ether oxygens (including phenoxy) is 1. The molecule has 0 bridgehead atoms. The van der Waals surface area contributed by atoms with Crippen molar-refractivity contribution in [3.63, 3.8) is 0 Å². The van der Waals surface area contributed by atoms with Crippen LogP contribution in [0.1, 0.15) is 61.9 Å². The van der Waals surface area contributed by atoms with E-state index in [1.165, 1.54) is 12.8 Å². The molecule has 10 heteroatoms. The molecule has 0 aliphatic carbocycles. The van der Waals surface area contributed by atoms with E-state index in [1.807, 2.05) is 30.3 Å². The van der Waals surface area contributed by atoms with Gasteiger partial charge in [-0.15, -0.1) is 0 Å². The van der Waals surface area contributed by atoms with Crippen LogP contribution in [-0.4, -0.2) is 78.9 Å². The number of carbonyl (C=O) groups is 4. The Balaban J connectivity index is 1.48. The van der Waals surface area contributed by atoms with E-state index in [1.54, 1.807) is 38.1 Å². The first-order chi connectivity index (χ1) is 20.2. The summed E-state index contributed by atoms with van der Waals surface area (Å²) in [6.45, 7) is 7.00. The van der Waals surface area contributed by atoms with Gasteiger partial charge < -0.3 is 30.9 Å². The predicted molar refractivity (Wildman–Crippen MR) is 160 cm³/mol. The second kappa shape index (κ2) is 14.8. The van der Waals surface area contributed by atoms with Gasteiger partial charge in [0.05, 0.1) is 18.0 Å². The first-order valence-electron chi connectivity index (χ1n) is 14.9. The van der Waals surface area contributed by atoms with Crippen LogP contribution in [0.25, 0.3) is 0 Å². The fourth-order valence-electron chi connectivity index (χ4n) is 5.27. The minimum absolute atomic E-state index is 0.0935. The molecule has 226 valence electrons. The van der Waals surface area contributed by atoms with Gasteiger partial charge in [0.1, 0.15) is 23.9 Å². The van der Waals surface area contributed by atoms with E-state index in [0.717, 1.165) is 38.0 Å². The minimum atomic E-state index is -1.27. The fourth-order valence-corrected chi connectivity index (χ4v) is 5.27. The number of amides is 4. The van der Waals surface area contributed by atoms with E-state index in [0.29, 0.717) is 18.7 Å². The summed E-state index contributed by atoms with van der Waals surface area (Å²) in [7, 11) is 0. The normalized spacial score (nSPS) is 21.6. The lowest BCUT2D eigenvalue weighted by Crippen LogP contribution is -2.59. The zero-order valence-corrected chi connectivity index (χ0v) is 24.6. The van der Waals surface area contributed by atoms with E-state index >= 15 is 0 Å². The lowest BCUT2D eigenvalue weighted by atomic mass is 10.0. The third kappa shape index (κ3) is 9.04. The molecule has 0 radical (unpaired) electrons. The Morgan fingerprint density at radius 2 is 1.69 bits per heavy atom. The summed E-state index contributed by atoms with van der Waals surface area (Å²) < 4.78 is 6.09. The van der Waals surface area contributed by atoms with Gasteiger partial charge in [0, 0.05) is 6.54 Å². The van der Waals surface area contributed by atoms with Gasteiger partial charge in [0.15, 0.2) is 0 Å². The maximum absolute atomic E-state index is 13.4. The molecule has 2 heterocycles. The molecule has 2 aromatic carbocycles. The molecule has 2 atom stereocenters. The van der Waals surface area contributed by atoms with Crippen LogP contribution in [0.5, 0.6) is 5.75 Å². The lowest BCUT2D eigenvalue weighted by molar-refractivity contribution is -0.134. The van der Waals surface area contributed by atoms with E-state index in [-0.39, 0.29) is 24.5 Å². The van der Waals surface area contributed by atoms with Crippen LogP contribution in [0, 0.1) is 0 Å². The summed E-state index contributed by atoms with van der Waals surface area (Å²) in [5.41, 5.74) is -0.0249. The number of likely N-dealkylation sites (tertiary alicyclic amines) is 1. The molecular formula is C32H43N5O5. The molecular weight excluding hydrogens is 534 g/mol. The molecule has 1 fully saturated rings. The Bertz CT molecular complexity index is 1230. The number of rotatable bonds is 8.